The van der Waals surface area contributed by atoms with Crippen LogP contribution in [0.25, 0.3) is 77.2 Å². The number of rotatable bonds is 4. The monoisotopic (exact) mass is 585 g/mol. The van der Waals surface area contributed by atoms with Crippen molar-refractivity contribution in [2.24, 2.45) is 0 Å². The molecule has 0 aliphatic heterocycles. The van der Waals surface area contributed by atoms with Crippen LogP contribution < -0.4 is 0 Å². The van der Waals surface area contributed by atoms with E-state index >= 15 is 0 Å². The summed E-state index contributed by atoms with van der Waals surface area (Å²) in [5.41, 5.74) is 11.7. The van der Waals surface area contributed by atoms with Gasteiger partial charge < -0.3 is 9.13 Å². The molecule has 3 heteroatoms. The first-order chi connectivity index (χ1) is 22.8. The number of para-hydroxylation sites is 4. The Morgan fingerprint density at radius 1 is 0.391 bits per heavy atom. The molecule has 0 radical (unpaired) electrons. The molecule has 9 aromatic rings. The fraction of sp³-hybridized carbons (Fsp3) is 0. The maximum Gasteiger partial charge on any atom is 0.0998 e. The average Bonchev–Trinajstić information content (AvgIpc) is 3.65. The molecule has 2 heterocycles. The molecule has 46 heavy (non-hydrogen) atoms. The van der Waals surface area contributed by atoms with Crippen LogP contribution in [0.3, 0.4) is 0 Å². The second-order valence-corrected chi connectivity index (χ2v) is 11.7. The van der Waals surface area contributed by atoms with Crippen molar-refractivity contribution in [3.63, 3.8) is 0 Å². The Labute approximate surface area is 266 Å². The van der Waals surface area contributed by atoms with Crippen LogP contribution in [-0.2, 0) is 0 Å². The van der Waals surface area contributed by atoms with Gasteiger partial charge in [-0.05, 0) is 59.7 Å². The standard InChI is InChI=1S/C43H27N3/c44-28-31-11-1-2-12-33(31)38-26-23-30(27-43(38)46-41-19-9-5-15-36(41)37-16-6-10-20-42(37)46)29-21-24-32(25-22-29)45-39-17-7-3-13-34(39)35-14-4-8-18-40(35)45/h1-27H. The molecule has 0 spiro atoms. The molecular weight excluding hydrogens is 558 g/mol. The molecule has 2 aromatic heterocycles. The first kappa shape index (κ1) is 26.1. The first-order valence-electron chi connectivity index (χ1n) is 15.5. The first-order valence-corrected chi connectivity index (χ1v) is 15.5. The molecule has 0 atom stereocenters. The highest BCUT2D eigenvalue weighted by atomic mass is 15.0. The highest BCUT2D eigenvalue weighted by molar-refractivity contribution is 6.10. The molecule has 0 aliphatic carbocycles. The molecule has 0 bridgehead atoms. The van der Waals surface area contributed by atoms with Crippen LogP contribution in [0.4, 0.5) is 0 Å². The molecule has 0 amide bonds. The summed E-state index contributed by atoms with van der Waals surface area (Å²) in [5, 5.41) is 15.0. The van der Waals surface area contributed by atoms with E-state index in [-0.39, 0.29) is 0 Å². The molecule has 9 rings (SSSR count). The Hall–Kier alpha value is -6.37. The number of hydrogen-bond acceptors (Lipinski definition) is 1. The van der Waals surface area contributed by atoms with Gasteiger partial charge in [0.05, 0.1) is 39.4 Å². The lowest BCUT2D eigenvalue weighted by Crippen LogP contribution is -1.99. The summed E-state index contributed by atoms with van der Waals surface area (Å²) in [6.45, 7) is 0. The maximum atomic E-state index is 10.1. The minimum atomic E-state index is 0.660. The highest BCUT2D eigenvalue weighted by Gasteiger charge is 2.18. The Morgan fingerprint density at radius 2 is 0.848 bits per heavy atom. The van der Waals surface area contributed by atoms with E-state index in [1.165, 1.54) is 32.6 Å². The molecule has 0 unspecified atom stereocenters. The van der Waals surface area contributed by atoms with E-state index in [0.29, 0.717) is 5.56 Å². The van der Waals surface area contributed by atoms with Gasteiger partial charge in [-0.2, -0.15) is 5.26 Å². The van der Waals surface area contributed by atoms with Crippen LogP contribution in [0.15, 0.2) is 164 Å². The van der Waals surface area contributed by atoms with Crippen molar-refractivity contribution in [1.82, 2.24) is 9.13 Å². The van der Waals surface area contributed by atoms with E-state index in [1.807, 2.05) is 24.3 Å². The summed E-state index contributed by atoms with van der Waals surface area (Å²) in [6, 6.07) is 60.1. The maximum absolute atomic E-state index is 10.1. The second-order valence-electron chi connectivity index (χ2n) is 11.7. The molecular formula is C43H27N3. The van der Waals surface area contributed by atoms with Crippen molar-refractivity contribution in [2.75, 3.05) is 0 Å². The van der Waals surface area contributed by atoms with Gasteiger partial charge in [0, 0.05) is 38.4 Å². The number of aromatic nitrogens is 2. The number of nitriles is 1. The smallest absolute Gasteiger partial charge is 0.0998 e. The van der Waals surface area contributed by atoms with E-state index in [9.17, 15) is 5.26 Å². The van der Waals surface area contributed by atoms with Crippen molar-refractivity contribution in [1.29, 1.82) is 5.26 Å². The number of fused-ring (bicyclic) bond motifs is 6. The van der Waals surface area contributed by atoms with Crippen LogP contribution in [0.5, 0.6) is 0 Å². The summed E-state index contributed by atoms with van der Waals surface area (Å²) >= 11 is 0. The largest absolute Gasteiger partial charge is 0.309 e. The zero-order chi connectivity index (χ0) is 30.6. The van der Waals surface area contributed by atoms with Crippen molar-refractivity contribution in [2.45, 2.75) is 0 Å². The Balaban J connectivity index is 1.25. The molecule has 0 saturated heterocycles. The summed E-state index contributed by atoms with van der Waals surface area (Å²) in [6.07, 6.45) is 0. The molecule has 214 valence electrons. The highest BCUT2D eigenvalue weighted by Crippen LogP contribution is 2.39. The van der Waals surface area contributed by atoms with Crippen molar-refractivity contribution in [3.05, 3.63) is 169 Å². The molecule has 0 N–H and O–H groups in total. The number of benzene rings is 7. The molecule has 7 aromatic carbocycles. The van der Waals surface area contributed by atoms with E-state index in [4.69, 9.17) is 0 Å². The predicted molar refractivity (Wildman–Crippen MR) is 191 cm³/mol. The lowest BCUT2D eigenvalue weighted by molar-refractivity contribution is 1.18. The number of nitrogens with zero attached hydrogens (tertiary/aromatic N) is 3. The summed E-state index contributed by atoms with van der Waals surface area (Å²) in [7, 11) is 0. The third-order valence-electron chi connectivity index (χ3n) is 9.20. The third-order valence-corrected chi connectivity index (χ3v) is 9.20. The number of hydrogen-bond donors (Lipinski definition) is 0. The molecule has 0 aliphatic rings. The van der Waals surface area contributed by atoms with Gasteiger partial charge in [-0.1, -0.05) is 115 Å². The van der Waals surface area contributed by atoms with Gasteiger partial charge in [-0.15, -0.1) is 0 Å². The summed E-state index contributed by atoms with van der Waals surface area (Å²) in [4.78, 5) is 0. The quantitative estimate of drug-likeness (QED) is 0.202. The van der Waals surface area contributed by atoms with E-state index in [0.717, 1.165) is 44.7 Å². The van der Waals surface area contributed by atoms with E-state index in [1.54, 1.807) is 0 Å². The van der Waals surface area contributed by atoms with Crippen molar-refractivity contribution < 1.29 is 0 Å². The summed E-state index contributed by atoms with van der Waals surface area (Å²) < 4.78 is 4.70. The van der Waals surface area contributed by atoms with Gasteiger partial charge in [-0.3, -0.25) is 0 Å². The summed E-state index contributed by atoms with van der Waals surface area (Å²) in [5.74, 6) is 0. The SMILES string of the molecule is N#Cc1ccccc1-c1ccc(-c2ccc(-n3c4ccccc4c4ccccc43)cc2)cc1-n1c2ccccc2c2ccccc21. The van der Waals surface area contributed by atoms with Gasteiger partial charge in [0.1, 0.15) is 0 Å². The van der Waals surface area contributed by atoms with Crippen molar-refractivity contribution in [3.8, 4) is 39.7 Å². The predicted octanol–water partition coefficient (Wildman–Crippen LogP) is 11.1. The molecule has 0 fully saturated rings. The van der Waals surface area contributed by atoms with E-state index in [2.05, 4.69) is 155 Å². The van der Waals surface area contributed by atoms with Crippen LogP contribution in [0, 0.1) is 11.3 Å². The second kappa shape index (κ2) is 10.4. The normalized spacial score (nSPS) is 11.5. The van der Waals surface area contributed by atoms with Crippen LogP contribution >= 0.6 is 0 Å². The van der Waals surface area contributed by atoms with Gasteiger partial charge in [0.25, 0.3) is 0 Å². The topological polar surface area (TPSA) is 33.6 Å². The fourth-order valence-corrected chi connectivity index (χ4v) is 7.13. The van der Waals surface area contributed by atoms with Gasteiger partial charge in [-0.25, -0.2) is 0 Å². The minimum Gasteiger partial charge on any atom is -0.309 e. The van der Waals surface area contributed by atoms with Crippen LogP contribution in [0.1, 0.15) is 5.56 Å². The van der Waals surface area contributed by atoms with Crippen molar-refractivity contribution >= 4 is 43.6 Å². The minimum absolute atomic E-state index is 0.660. The third kappa shape index (κ3) is 3.91. The Morgan fingerprint density at radius 3 is 1.39 bits per heavy atom. The zero-order valence-electron chi connectivity index (χ0n) is 24.9. The molecule has 0 saturated carbocycles. The van der Waals surface area contributed by atoms with Crippen LogP contribution in [-0.4, -0.2) is 9.13 Å². The lowest BCUT2D eigenvalue weighted by atomic mass is 9.95. The van der Waals surface area contributed by atoms with Gasteiger partial charge in [0.15, 0.2) is 0 Å². The lowest BCUT2D eigenvalue weighted by Gasteiger charge is -2.17. The molecule has 3 nitrogen and oxygen atoms in total. The Kier molecular flexibility index (Phi) is 5.88. The van der Waals surface area contributed by atoms with Gasteiger partial charge >= 0.3 is 0 Å². The zero-order valence-corrected chi connectivity index (χ0v) is 24.9. The fourth-order valence-electron chi connectivity index (χ4n) is 7.13. The van der Waals surface area contributed by atoms with E-state index < -0.39 is 0 Å². The average molecular weight is 586 g/mol. The Bertz CT molecular complexity index is 2540. The van der Waals surface area contributed by atoms with Gasteiger partial charge in [0.2, 0.25) is 0 Å². The van der Waals surface area contributed by atoms with Crippen LogP contribution in [0.2, 0.25) is 0 Å².